The predicted molar refractivity (Wildman–Crippen MR) is 125 cm³/mol. The van der Waals surface area contributed by atoms with Crippen LogP contribution in [0.25, 0.3) is 21.8 Å². The Balaban J connectivity index is 1.69. The van der Waals surface area contributed by atoms with Crippen LogP contribution in [0.15, 0.2) is 36.4 Å². The highest BCUT2D eigenvalue weighted by atomic mass is 16.4. The van der Waals surface area contributed by atoms with E-state index in [1.807, 2.05) is 12.1 Å². The topological polar surface area (TPSA) is 79.5 Å². The lowest BCUT2D eigenvalue weighted by Crippen LogP contribution is -1.99. The highest BCUT2D eigenvalue weighted by Gasteiger charge is 2.15. The number of aromatic nitrogens is 1. The predicted octanol–water partition coefficient (Wildman–Crippen LogP) is 7.11. The number of carbonyl (C=O) groups is 2. The minimum Gasteiger partial charge on any atom is -0.478 e. The molecule has 0 spiro atoms. The molecule has 0 amide bonds. The summed E-state index contributed by atoms with van der Waals surface area (Å²) in [7, 11) is 0. The Kier molecular flexibility index (Phi) is 8.10. The van der Waals surface area contributed by atoms with Crippen LogP contribution in [0.5, 0.6) is 0 Å². The summed E-state index contributed by atoms with van der Waals surface area (Å²) in [4.78, 5) is 22.9. The zero-order chi connectivity index (χ0) is 22.2. The monoisotopic (exact) mass is 423 g/mol. The number of hydrogen-bond donors (Lipinski definition) is 2. The summed E-state index contributed by atoms with van der Waals surface area (Å²) in [6.45, 7) is 3.09. The van der Waals surface area contributed by atoms with Crippen LogP contribution in [-0.4, -0.2) is 26.7 Å². The second-order valence-electron chi connectivity index (χ2n) is 8.41. The Morgan fingerprint density at radius 3 is 1.52 bits per heavy atom. The summed E-state index contributed by atoms with van der Waals surface area (Å²) in [5.74, 6) is -1.96. The molecule has 5 nitrogen and oxygen atoms in total. The minimum atomic E-state index is -0.980. The Morgan fingerprint density at radius 2 is 1.10 bits per heavy atom. The lowest BCUT2D eigenvalue weighted by Gasteiger charge is -2.08. The number of aromatic carboxylic acids is 2. The summed E-state index contributed by atoms with van der Waals surface area (Å²) < 4.78 is 2.20. The van der Waals surface area contributed by atoms with E-state index >= 15 is 0 Å². The van der Waals surface area contributed by atoms with Crippen molar-refractivity contribution in [1.82, 2.24) is 4.57 Å². The molecule has 3 rings (SSSR count). The third-order valence-corrected chi connectivity index (χ3v) is 6.09. The van der Waals surface area contributed by atoms with E-state index in [4.69, 9.17) is 0 Å². The van der Waals surface area contributed by atoms with E-state index in [1.54, 1.807) is 24.3 Å². The van der Waals surface area contributed by atoms with Crippen LogP contribution in [0.3, 0.4) is 0 Å². The molecule has 3 aromatic rings. The second-order valence-corrected chi connectivity index (χ2v) is 8.41. The van der Waals surface area contributed by atoms with Gasteiger partial charge >= 0.3 is 11.9 Å². The first-order chi connectivity index (χ1) is 15.0. The molecule has 5 heteroatoms. The highest BCUT2D eigenvalue weighted by molar-refractivity contribution is 6.11. The fourth-order valence-corrected chi connectivity index (χ4v) is 4.37. The molecule has 1 aromatic heterocycles. The number of rotatable bonds is 13. The van der Waals surface area contributed by atoms with E-state index in [9.17, 15) is 19.8 Å². The van der Waals surface area contributed by atoms with Gasteiger partial charge in [0, 0.05) is 28.4 Å². The van der Waals surface area contributed by atoms with E-state index in [0.717, 1.165) is 41.2 Å². The van der Waals surface area contributed by atoms with Gasteiger partial charge in [-0.1, -0.05) is 64.7 Å². The summed E-state index contributed by atoms with van der Waals surface area (Å²) in [5, 5.41) is 20.3. The molecule has 2 aromatic carbocycles. The van der Waals surface area contributed by atoms with E-state index in [0.29, 0.717) is 0 Å². The van der Waals surface area contributed by atoms with Crippen LogP contribution in [0, 0.1) is 0 Å². The van der Waals surface area contributed by atoms with Gasteiger partial charge in [0.2, 0.25) is 0 Å². The highest BCUT2D eigenvalue weighted by Crippen LogP contribution is 2.31. The minimum absolute atomic E-state index is 0.214. The largest absolute Gasteiger partial charge is 0.478 e. The fraction of sp³-hybridized carbons (Fsp3) is 0.462. The first-order valence-electron chi connectivity index (χ1n) is 11.6. The van der Waals surface area contributed by atoms with Gasteiger partial charge < -0.3 is 14.8 Å². The van der Waals surface area contributed by atoms with Gasteiger partial charge in [0.25, 0.3) is 0 Å². The van der Waals surface area contributed by atoms with Crippen molar-refractivity contribution in [1.29, 1.82) is 0 Å². The maximum Gasteiger partial charge on any atom is 0.335 e. The van der Waals surface area contributed by atoms with Crippen molar-refractivity contribution in [3.05, 3.63) is 47.5 Å². The SMILES string of the molecule is CCCCCCCCCCCCn1c2ccc(C(=O)O)cc2c2cc(C(=O)O)ccc21. The van der Waals surface area contributed by atoms with E-state index in [2.05, 4.69) is 11.5 Å². The van der Waals surface area contributed by atoms with Gasteiger partial charge in [-0.05, 0) is 42.8 Å². The molecule has 0 fully saturated rings. The summed E-state index contributed by atoms with van der Waals surface area (Å²) in [5.41, 5.74) is 2.34. The number of aryl methyl sites for hydroxylation is 1. The fourth-order valence-electron chi connectivity index (χ4n) is 4.37. The molecule has 1 heterocycles. The number of carboxylic acid groups (broad SMARTS) is 2. The van der Waals surface area contributed by atoms with Crippen molar-refractivity contribution in [2.45, 2.75) is 77.7 Å². The number of nitrogens with zero attached hydrogens (tertiary/aromatic N) is 1. The van der Waals surface area contributed by atoms with Gasteiger partial charge in [-0.2, -0.15) is 0 Å². The Hall–Kier alpha value is -2.82. The smallest absolute Gasteiger partial charge is 0.335 e. The summed E-state index contributed by atoms with van der Waals surface area (Å²) in [6, 6.07) is 10.2. The van der Waals surface area contributed by atoms with Crippen molar-refractivity contribution in [2.75, 3.05) is 0 Å². The van der Waals surface area contributed by atoms with Gasteiger partial charge in [0.05, 0.1) is 11.1 Å². The van der Waals surface area contributed by atoms with Gasteiger partial charge in [0.15, 0.2) is 0 Å². The standard InChI is InChI=1S/C26H33NO4/c1-2-3-4-5-6-7-8-9-10-11-16-27-23-14-12-19(25(28)29)17-21(23)22-18-20(26(30)31)13-15-24(22)27/h12-15,17-18H,2-11,16H2,1H3,(H,28,29)(H,30,31). The van der Waals surface area contributed by atoms with Crippen LogP contribution in [0.2, 0.25) is 0 Å². The average Bonchev–Trinajstić information content (AvgIpc) is 3.07. The lowest BCUT2D eigenvalue weighted by atomic mass is 10.1. The number of hydrogen-bond acceptors (Lipinski definition) is 2. The number of fused-ring (bicyclic) bond motifs is 3. The zero-order valence-corrected chi connectivity index (χ0v) is 18.4. The van der Waals surface area contributed by atoms with Crippen LogP contribution in [0.4, 0.5) is 0 Å². The van der Waals surface area contributed by atoms with Crippen molar-refractivity contribution in [2.24, 2.45) is 0 Å². The summed E-state index contributed by atoms with van der Waals surface area (Å²) in [6.07, 6.45) is 12.7. The lowest BCUT2D eigenvalue weighted by molar-refractivity contribution is 0.0686. The van der Waals surface area contributed by atoms with Crippen molar-refractivity contribution < 1.29 is 19.8 Å². The number of unbranched alkanes of at least 4 members (excludes halogenated alkanes) is 9. The molecule has 0 saturated heterocycles. The van der Waals surface area contributed by atoms with E-state index < -0.39 is 11.9 Å². The molecule has 0 bridgehead atoms. The molecule has 0 unspecified atom stereocenters. The number of benzene rings is 2. The summed E-state index contributed by atoms with van der Waals surface area (Å²) >= 11 is 0. The first kappa shape index (κ1) is 22.9. The van der Waals surface area contributed by atoms with Crippen molar-refractivity contribution >= 4 is 33.7 Å². The molecule has 0 saturated carbocycles. The van der Waals surface area contributed by atoms with Crippen LogP contribution in [-0.2, 0) is 6.54 Å². The molecule has 0 aliphatic heterocycles. The van der Waals surface area contributed by atoms with Gasteiger partial charge in [-0.25, -0.2) is 9.59 Å². The quantitative estimate of drug-likeness (QED) is 0.287. The molecule has 2 N–H and O–H groups in total. The Bertz CT molecular complexity index is 979. The second kappa shape index (κ2) is 11.0. The third kappa shape index (κ3) is 5.66. The van der Waals surface area contributed by atoms with Gasteiger partial charge in [0.1, 0.15) is 0 Å². The molecule has 0 aliphatic carbocycles. The maximum atomic E-state index is 11.4. The zero-order valence-electron chi connectivity index (χ0n) is 18.4. The molecular formula is C26H33NO4. The van der Waals surface area contributed by atoms with Crippen LogP contribution < -0.4 is 0 Å². The molecular weight excluding hydrogens is 390 g/mol. The van der Waals surface area contributed by atoms with E-state index in [-0.39, 0.29) is 11.1 Å². The van der Waals surface area contributed by atoms with Crippen molar-refractivity contribution in [3.63, 3.8) is 0 Å². The van der Waals surface area contributed by atoms with Crippen LogP contribution in [0.1, 0.15) is 91.8 Å². The Morgan fingerprint density at radius 1 is 0.677 bits per heavy atom. The van der Waals surface area contributed by atoms with Crippen LogP contribution >= 0.6 is 0 Å². The molecule has 0 aliphatic rings. The number of carboxylic acids is 2. The Labute approximate surface area is 183 Å². The molecule has 31 heavy (non-hydrogen) atoms. The first-order valence-corrected chi connectivity index (χ1v) is 11.6. The normalized spacial score (nSPS) is 11.4. The van der Waals surface area contributed by atoms with Gasteiger partial charge in [-0.15, -0.1) is 0 Å². The average molecular weight is 424 g/mol. The van der Waals surface area contributed by atoms with E-state index in [1.165, 1.54) is 51.4 Å². The molecule has 0 radical (unpaired) electrons. The molecule has 166 valence electrons. The van der Waals surface area contributed by atoms with Crippen molar-refractivity contribution in [3.8, 4) is 0 Å². The molecule has 0 atom stereocenters. The maximum absolute atomic E-state index is 11.4. The van der Waals surface area contributed by atoms with Gasteiger partial charge in [-0.3, -0.25) is 0 Å². The third-order valence-electron chi connectivity index (χ3n) is 6.09.